The lowest BCUT2D eigenvalue weighted by atomic mass is 10.0. The minimum absolute atomic E-state index is 0.461. The van der Waals surface area contributed by atoms with E-state index in [9.17, 15) is 0 Å². The standard InChI is InChI=1S/C16H22N4/c1-10-7-8-13(9-11(10)2)14-15(17)20(18)16(19-14)12-5-3-4-6-12/h7-9,12H,3-6,17-18H2,1-2H3. The number of anilines is 1. The van der Waals surface area contributed by atoms with Gasteiger partial charge in [0.1, 0.15) is 11.5 Å². The van der Waals surface area contributed by atoms with Crippen LogP contribution in [0.1, 0.15) is 48.6 Å². The van der Waals surface area contributed by atoms with E-state index in [-0.39, 0.29) is 0 Å². The number of aromatic nitrogens is 2. The topological polar surface area (TPSA) is 69.9 Å². The minimum atomic E-state index is 0.461. The molecule has 0 unspecified atom stereocenters. The minimum Gasteiger partial charge on any atom is -0.382 e. The Labute approximate surface area is 119 Å². The second-order valence-corrected chi connectivity index (χ2v) is 5.85. The Balaban J connectivity index is 2.05. The lowest BCUT2D eigenvalue weighted by Gasteiger charge is -2.08. The molecular weight excluding hydrogens is 248 g/mol. The molecule has 1 fully saturated rings. The molecule has 1 aliphatic carbocycles. The van der Waals surface area contributed by atoms with Crippen molar-refractivity contribution < 1.29 is 0 Å². The van der Waals surface area contributed by atoms with Crippen molar-refractivity contribution in [3.05, 3.63) is 35.2 Å². The van der Waals surface area contributed by atoms with Crippen LogP contribution >= 0.6 is 0 Å². The predicted octanol–water partition coefficient (Wildman–Crippen LogP) is 3.12. The molecule has 0 bridgehead atoms. The summed E-state index contributed by atoms with van der Waals surface area (Å²) in [7, 11) is 0. The molecule has 4 N–H and O–H groups in total. The number of imidazole rings is 1. The molecule has 2 aromatic rings. The van der Waals surface area contributed by atoms with Crippen molar-refractivity contribution in [2.45, 2.75) is 45.4 Å². The Bertz CT molecular complexity index is 636. The van der Waals surface area contributed by atoms with Gasteiger partial charge in [-0.15, -0.1) is 0 Å². The molecule has 1 heterocycles. The van der Waals surface area contributed by atoms with Crippen LogP contribution in [0.4, 0.5) is 5.82 Å². The largest absolute Gasteiger partial charge is 0.382 e. The zero-order valence-corrected chi connectivity index (χ0v) is 12.2. The normalized spacial score (nSPS) is 15.9. The fraction of sp³-hybridized carbons (Fsp3) is 0.438. The van der Waals surface area contributed by atoms with Crippen molar-refractivity contribution in [1.82, 2.24) is 9.66 Å². The van der Waals surface area contributed by atoms with Crippen LogP contribution in [0, 0.1) is 13.8 Å². The first-order chi connectivity index (χ1) is 9.58. The Hall–Kier alpha value is -1.97. The fourth-order valence-corrected chi connectivity index (χ4v) is 3.04. The Morgan fingerprint density at radius 1 is 1.15 bits per heavy atom. The van der Waals surface area contributed by atoms with E-state index < -0.39 is 0 Å². The highest BCUT2D eigenvalue weighted by Gasteiger charge is 2.25. The van der Waals surface area contributed by atoms with Crippen molar-refractivity contribution in [1.29, 1.82) is 0 Å². The highest BCUT2D eigenvalue weighted by Crippen LogP contribution is 2.36. The molecule has 0 spiro atoms. The molecule has 0 aliphatic heterocycles. The average molecular weight is 270 g/mol. The summed E-state index contributed by atoms with van der Waals surface area (Å²) in [5.74, 6) is 8.08. The number of benzene rings is 1. The summed E-state index contributed by atoms with van der Waals surface area (Å²) in [6.45, 7) is 4.21. The first kappa shape index (κ1) is 13.0. The predicted molar refractivity (Wildman–Crippen MR) is 82.9 cm³/mol. The van der Waals surface area contributed by atoms with Gasteiger partial charge < -0.3 is 11.6 Å². The number of nitrogens with zero attached hydrogens (tertiary/aromatic N) is 2. The summed E-state index contributed by atoms with van der Waals surface area (Å²) < 4.78 is 1.58. The van der Waals surface area contributed by atoms with E-state index in [1.54, 1.807) is 4.68 Å². The van der Waals surface area contributed by atoms with Crippen molar-refractivity contribution >= 4 is 5.82 Å². The van der Waals surface area contributed by atoms with Crippen LogP contribution in [0.3, 0.4) is 0 Å². The quantitative estimate of drug-likeness (QED) is 0.824. The maximum atomic E-state index is 6.17. The van der Waals surface area contributed by atoms with Gasteiger partial charge in [0.25, 0.3) is 0 Å². The van der Waals surface area contributed by atoms with Gasteiger partial charge in [0.2, 0.25) is 0 Å². The van der Waals surface area contributed by atoms with Gasteiger partial charge in [0, 0.05) is 11.5 Å². The molecule has 4 heteroatoms. The van der Waals surface area contributed by atoms with Crippen molar-refractivity contribution in [3.8, 4) is 11.3 Å². The lowest BCUT2D eigenvalue weighted by Crippen LogP contribution is -2.17. The summed E-state index contributed by atoms with van der Waals surface area (Å²) in [4.78, 5) is 4.75. The summed E-state index contributed by atoms with van der Waals surface area (Å²) in [5, 5.41) is 0. The molecule has 20 heavy (non-hydrogen) atoms. The molecule has 1 aromatic heterocycles. The average Bonchev–Trinajstić information content (AvgIpc) is 3.04. The van der Waals surface area contributed by atoms with Crippen LogP contribution in [0.5, 0.6) is 0 Å². The van der Waals surface area contributed by atoms with Gasteiger partial charge in [0.05, 0.1) is 0 Å². The van der Waals surface area contributed by atoms with Crippen molar-refractivity contribution in [3.63, 3.8) is 0 Å². The van der Waals surface area contributed by atoms with Crippen LogP contribution in [0.15, 0.2) is 18.2 Å². The summed E-state index contributed by atoms with van der Waals surface area (Å²) in [5.41, 5.74) is 10.6. The van der Waals surface area contributed by atoms with Gasteiger partial charge in [-0.25, -0.2) is 9.66 Å². The number of nitrogen functional groups attached to an aromatic ring is 2. The van der Waals surface area contributed by atoms with Crippen LogP contribution in [0.25, 0.3) is 11.3 Å². The molecule has 106 valence electrons. The molecule has 0 amide bonds. The highest BCUT2D eigenvalue weighted by molar-refractivity contribution is 5.72. The van der Waals surface area contributed by atoms with E-state index in [0.29, 0.717) is 11.7 Å². The molecule has 4 nitrogen and oxygen atoms in total. The van der Waals surface area contributed by atoms with E-state index >= 15 is 0 Å². The van der Waals surface area contributed by atoms with Gasteiger partial charge in [-0.05, 0) is 43.9 Å². The van der Waals surface area contributed by atoms with Crippen LogP contribution in [-0.2, 0) is 0 Å². The van der Waals surface area contributed by atoms with Crippen LogP contribution < -0.4 is 11.6 Å². The lowest BCUT2D eigenvalue weighted by molar-refractivity contribution is 0.648. The molecule has 0 saturated heterocycles. The number of hydrogen-bond acceptors (Lipinski definition) is 3. The molecule has 0 atom stereocenters. The first-order valence-electron chi connectivity index (χ1n) is 7.28. The molecular formula is C16H22N4. The maximum absolute atomic E-state index is 6.17. The fourth-order valence-electron chi connectivity index (χ4n) is 3.04. The molecule has 1 aliphatic rings. The summed E-state index contributed by atoms with van der Waals surface area (Å²) >= 11 is 0. The summed E-state index contributed by atoms with van der Waals surface area (Å²) in [6.07, 6.45) is 4.85. The van der Waals surface area contributed by atoms with Gasteiger partial charge in [0.15, 0.2) is 5.82 Å². The Kier molecular flexibility index (Phi) is 3.16. The third-order valence-electron chi connectivity index (χ3n) is 4.48. The second-order valence-electron chi connectivity index (χ2n) is 5.85. The van der Waals surface area contributed by atoms with E-state index in [1.165, 1.54) is 36.8 Å². The van der Waals surface area contributed by atoms with E-state index in [4.69, 9.17) is 16.6 Å². The zero-order valence-electron chi connectivity index (χ0n) is 12.2. The van der Waals surface area contributed by atoms with E-state index in [0.717, 1.165) is 17.1 Å². The highest BCUT2D eigenvalue weighted by atomic mass is 15.4. The molecule has 0 radical (unpaired) electrons. The van der Waals surface area contributed by atoms with Gasteiger partial charge in [-0.1, -0.05) is 25.0 Å². The monoisotopic (exact) mass is 270 g/mol. The van der Waals surface area contributed by atoms with E-state index in [1.807, 2.05) is 0 Å². The van der Waals surface area contributed by atoms with E-state index in [2.05, 4.69) is 32.0 Å². The smallest absolute Gasteiger partial charge is 0.150 e. The van der Waals surface area contributed by atoms with Gasteiger partial charge in [-0.3, -0.25) is 0 Å². The van der Waals surface area contributed by atoms with Crippen molar-refractivity contribution in [2.75, 3.05) is 11.6 Å². The Morgan fingerprint density at radius 2 is 1.85 bits per heavy atom. The number of aryl methyl sites for hydroxylation is 2. The maximum Gasteiger partial charge on any atom is 0.150 e. The SMILES string of the molecule is Cc1ccc(-c2nc(C3CCCC3)n(N)c2N)cc1C. The summed E-state index contributed by atoms with van der Waals surface area (Å²) in [6, 6.07) is 6.31. The zero-order chi connectivity index (χ0) is 14.3. The van der Waals surface area contributed by atoms with Crippen LogP contribution in [-0.4, -0.2) is 9.66 Å². The second kappa shape index (κ2) is 4.85. The van der Waals surface area contributed by atoms with Crippen molar-refractivity contribution in [2.24, 2.45) is 0 Å². The molecule has 1 aromatic carbocycles. The number of hydrogen-bond donors (Lipinski definition) is 2. The number of nitrogens with two attached hydrogens (primary N) is 2. The van der Waals surface area contributed by atoms with Crippen LogP contribution in [0.2, 0.25) is 0 Å². The third-order valence-corrected chi connectivity index (χ3v) is 4.48. The third kappa shape index (κ3) is 2.05. The molecule has 3 rings (SSSR count). The number of rotatable bonds is 2. The molecule has 1 saturated carbocycles. The first-order valence-corrected chi connectivity index (χ1v) is 7.28. The Morgan fingerprint density at radius 3 is 2.50 bits per heavy atom. The van der Waals surface area contributed by atoms with Gasteiger partial charge in [-0.2, -0.15) is 0 Å². The van der Waals surface area contributed by atoms with Gasteiger partial charge >= 0.3 is 0 Å².